The van der Waals surface area contributed by atoms with Crippen LogP contribution in [-0.2, 0) is 10.0 Å². The Morgan fingerprint density at radius 3 is 2.65 bits per heavy atom. The Hall–Kier alpha value is -2.83. The van der Waals surface area contributed by atoms with Crippen LogP contribution in [0.1, 0.15) is 43.4 Å². The summed E-state index contributed by atoms with van der Waals surface area (Å²) in [6, 6.07) is 7.52. The molecule has 9 heteroatoms. The van der Waals surface area contributed by atoms with Gasteiger partial charge in [0.05, 0.1) is 27.9 Å². The zero-order valence-corrected chi connectivity index (χ0v) is 18.0. The molecule has 0 radical (unpaired) electrons. The monoisotopic (exact) mass is 444 g/mol. The van der Waals surface area contributed by atoms with Gasteiger partial charge in [0, 0.05) is 18.3 Å². The lowest BCUT2D eigenvalue weighted by Gasteiger charge is -2.30. The second-order valence-electron chi connectivity index (χ2n) is 7.99. The highest BCUT2D eigenvalue weighted by Crippen LogP contribution is 2.43. The number of fused-ring (bicyclic) bond motifs is 1. The van der Waals surface area contributed by atoms with E-state index in [0.29, 0.717) is 16.9 Å². The average Bonchev–Trinajstić information content (AvgIpc) is 3.00. The van der Waals surface area contributed by atoms with E-state index < -0.39 is 28.6 Å². The highest BCUT2D eigenvalue weighted by Gasteiger charge is 2.30. The normalized spacial score (nSPS) is 15.6. The fraction of sp³-hybridized carbons (Fsp3) is 0.364. The summed E-state index contributed by atoms with van der Waals surface area (Å²) in [5, 5.41) is 10.1. The van der Waals surface area contributed by atoms with Crippen molar-refractivity contribution in [2.45, 2.75) is 50.1 Å². The number of nitrogens with one attached hydrogen (secondary N) is 1. The first kappa shape index (κ1) is 21.4. The van der Waals surface area contributed by atoms with E-state index in [9.17, 15) is 22.5 Å². The molecular formula is C22H22F2N4O2S. The van der Waals surface area contributed by atoms with Gasteiger partial charge in [-0.05, 0) is 62.9 Å². The van der Waals surface area contributed by atoms with E-state index in [-0.39, 0.29) is 21.9 Å². The molecule has 4 rings (SSSR count). The van der Waals surface area contributed by atoms with Crippen LogP contribution in [-0.4, -0.2) is 30.7 Å². The summed E-state index contributed by atoms with van der Waals surface area (Å²) in [5.74, 6) is -0.463. The van der Waals surface area contributed by atoms with Gasteiger partial charge in [-0.1, -0.05) is 0 Å². The molecule has 2 heterocycles. The molecule has 3 aromatic rings. The quantitative estimate of drug-likeness (QED) is 0.611. The number of aromatic nitrogens is 2. The van der Waals surface area contributed by atoms with Gasteiger partial charge in [0.25, 0.3) is 0 Å². The van der Waals surface area contributed by atoms with Gasteiger partial charge >= 0.3 is 0 Å². The highest BCUT2D eigenvalue weighted by molar-refractivity contribution is 7.89. The Morgan fingerprint density at radius 1 is 1.35 bits per heavy atom. The largest absolute Gasteiger partial charge is 0.335 e. The maximum Gasteiger partial charge on any atom is 0.242 e. The summed E-state index contributed by atoms with van der Waals surface area (Å²) < 4.78 is 56.6. The number of halogens is 2. The summed E-state index contributed by atoms with van der Waals surface area (Å²) in [5.41, 5.74) is 2.45. The van der Waals surface area contributed by atoms with Crippen LogP contribution in [0.4, 0.5) is 8.78 Å². The lowest BCUT2D eigenvalue weighted by Crippen LogP contribution is -2.34. The van der Waals surface area contributed by atoms with Crippen molar-refractivity contribution in [3.8, 4) is 17.5 Å². The average molecular weight is 445 g/mol. The third kappa shape index (κ3) is 3.70. The standard InChI is InChI=1S/C22H22F2N4O2S/c1-13-8-18(24)21-17(11-25)22(28(20(21)9-13)15-4-3-5-15)19-7-6-16(12-26-19)31(29,30)27-14(2)10-23/h6-9,12,14-15,27H,3-5,10H2,1-2H3/t14-/m0/s1. The Morgan fingerprint density at radius 2 is 2.10 bits per heavy atom. The van der Waals surface area contributed by atoms with Gasteiger partial charge in [-0.25, -0.2) is 21.9 Å². The van der Waals surface area contributed by atoms with E-state index in [1.54, 1.807) is 6.92 Å². The van der Waals surface area contributed by atoms with Crippen LogP contribution in [0.5, 0.6) is 0 Å². The van der Waals surface area contributed by atoms with Crippen LogP contribution in [0, 0.1) is 24.1 Å². The van der Waals surface area contributed by atoms with Crippen molar-refractivity contribution in [1.29, 1.82) is 5.26 Å². The van der Waals surface area contributed by atoms with E-state index in [2.05, 4.69) is 15.8 Å². The van der Waals surface area contributed by atoms with Gasteiger partial charge in [0.1, 0.15) is 23.5 Å². The second kappa shape index (κ2) is 8.02. The smallest absolute Gasteiger partial charge is 0.242 e. The number of sulfonamides is 1. The first-order valence-corrected chi connectivity index (χ1v) is 11.5. The summed E-state index contributed by atoms with van der Waals surface area (Å²) in [6.45, 7) is 2.39. The molecule has 1 saturated carbocycles. The van der Waals surface area contributed by atoms with Crippen LogP contribution in [0.2, 0.25) is 0 Å². The lowest BCUT2D eigenvalue weighted by atomic mass is 9.92. The molecule has 2 aromatic heterocycles. The third-order valence-corrected chi connectivity index (χ3v) is 7.20. The van der Waals surface area contributed by atoms with Crippen LogP contribution >= 0.6 is 0 Å². The van der Waals surface area contributed by atoms with Crippen molar-refractivity contribution in [3.05, 3.63) is 47.4 Å². The summed E-state index contributed by atoms with van der Waals surface area (Å²) >= 11 is 0. The minimum atomic E-state index is -3.93. The van der Waals surface area contributed by atoms with Crippen molar-refractivity contribution in [1.82, 2.24) is 14.3 Å². The number of aryl methyl sites for hydroxylation is 1. The van der Waals surface area contributed by atoms with Crippen molar-refractivity contribution >= 4 is 20.9 Å². The fourth-order valence-electron chi connectivity index (χ4n) is 3.95. The molecule has 0 unspecified atom stereocenters. The Kier molecular flexibility index (Phi) is 5.54. The molecular weight excluding hydrogens is 422 g/mol. The molecule has 0 amide bonds. The minimum absolute atomic E-state index is 0.108. The van der Waals surface area contributed by atoms with Crippen LogP contribution in [0.25, 0.3) is 22.3 Å². The van der Waals surface area contributed by atoms with Crippen molar-refractivity contribution in [2.24, 2.45) is 0 Å². The van der Waals surface area contributed by atoms with Crippen LogP contribution in [0.15, 0.2) is 35.4 Å². The van der Waals surface area contributed by atoms with E-state index >= 15 is 0 Å². The molecule has 0 aliphatic heterocycles. The number of alkyl halides is 1. The zero-order valence-electron chi connectivity index (χ0n) is 17.2. The molecule has 1 aliphatic carbocycles. The topological polar surface area (TPSA) is 87.8 Å². The molecule has 162 valence electrons. The maximum atomic E-state index is 14.9. The number of pyridine rings is 1. The summed E-state index contributed by atoms with van der Waals surface area (Å²) in [4.78, 5) is 4.19. The van der Waals surface area contributed by atoms with Gasteiger partial charge in [-0.3, -0.25) is 4.98 Å². The summed E-state index contributed by atoms with van der Waals surface area (Å²) in [6.07, 6.45) is 4.04. The van der Waals surface area contributed by atoms with Crippen molar-refractivity contribution < 1.29 is 17.2 Å². The third-order valence-electron chi connectivity index (χ3n) is 5.63. The predicted octanol–water partition coefficient (Wildman–Crippen LogP) is 4.38. The number of hydrogen-bond acceptors (Lipinski definition) is 4. The number of benzene rings is 1. The van der Waals surface area contributed by atoms with E-state index in [4.69, 9.17) is 0 Å². The van der Waals surface area contributed by atoms with Gasteiger partial charge in [-0.15, -0.1) is 0 Å². The molecule has 1 N–H and O–H groups in total. The van der Waals surface area contributed by atoms with E-state index in [1.165, 1.54) is 31.3 Å². The van der Waals surface area contributed by atoms with Crippen molar-refractivity contribution in [2.75, 3.05) is 6.67 Å². The SMILES string of the molecule is Cc1cc(F)c2c(C#N)c(-c3ccc(S(=O)(=O)N[C@@H](C)CF)cn3)n(C3CCC3)c2c1. The minimum Gasteiger partial charge on any atom is -0.335 e. The second-order valence-corrected chi connectivity index (χ2v) is 9.70. The van der Waals surface area contributed by atoms with Gasteiger partial charge in [0.2, 0.25) is 10.0 Å². The van der Waals surface area contributed by atoms with Gasteiger partial charge in [-0.2, -0.15) is 5.26 Å². The van der Waals surface area contributed by atoms with Crippen LogP contribution < -0.4 is 4.72 Å². The van der Waals surface area contributed by atoms with Crippen molar-refractivity contribution in [3.63, 3.8) is 0 Å². The number of rotatable bonds is 6. The molecule has 6 nitrogen and oxygen atoms in total. The highest BCUT2D eigenvalue weighted by atomic mass is 32.2. The van der Waals surface area contributed by atoms with Gasteiger partial charge < -0.3 is 4.57 Å². The van der Waals surface area contributed by atoms with E-state index in [1.807, 2.05) is 10.6 Å². The molecule has 1 fully saturated rings. The number of hydrogen-bond donors (Lipinski definition) is 1. The molecule has 1 atom stereocenters. The molecule has 0 spiro atoms. The zero-order chi connectivity index (χ0) is 22.3. The fourth-order valence-corrected chi connectivity index (χ4v) is 5.12. The van der Waals surface area contributed by atoms with Crippen LogP contribution in [0.3, 0.4) is 0 Å². The Labute approximate surface area is 179 Å². The van der Waals surface area contributed by atoms with E-state index in [0.717, 1.165) is 24.8 Å². The summed E-state index contributed by atoms with van der Waals surface area (Å²) in [7, 11) is -3.93. The molecule has 0 bridgehead atoms. The molecule has 0 saturated heterocycles. The Bertz CT molecular complexity index is 1290. The lowest BCUT2D eigenvalue weighted by molar-refractivity contribution is 0.324. The molecule has 1 aromatic carbocycles. The number of nitriles is 1. The Balaban J connectivity index is 1.88. The predicted molar refractivity (Wildman–Crippen MR) is 113 cm³/mol. The molecule has 31 heavy (non-hydrogen) atoms. The first-order valence-electron chi connectivity index (χ1n) is 10.1. The number of nitrogens with zero attached hydrogens (tertiary/aromatic N) is 3. The first-order chi connectivity index (χ1) is 14.8. The maximum absolute atomic E-state index is 14.9. The van der Waals surface area contributed by atoms with Gasteiger partial charge in [0.15, 0.2) is 0 Å². The molecule has 1 aliphatic rings.